The van der Waals surface area contributed by atoms with Crippen molar-refractivity contribution in [2.75, 3.05) is 6.26 Å². The molecule has 0 amide bonds. The van der Waals surface area contributed by atoms with Crippen LogP contribution in [0.4, 0.5) is 0 Å². The summed E-state index contributed by atoms with van der Waals surface area (Å²) >= 11 is 1.69. The lowest BCUT2D eigenvalue weighted by Crippen LogP contribution is -2.01. The summed E-state index contributed by atoms with van der Waals surface area (Å²) < 4.78 is 5.84. The fraction of sp³-hybridized carbons (Fsp3) is 0.188. The van der Waals surface area contributed by atoms with Gasteiger partial charge < -0.3 is 9.84 Å². The standard InChI is InChI=1S/C16H14O3S/c1-20-15-12-5-3-2-4-11(12)9-19-14-7-6-10(16(17)18)8-13(14)15/h2-8,15H,9H2,1H3,(H,17,18). The molecule has 1 aliphatic rings. The smallest absolute Gasteiger partial charge is 0.335 e. The first-order chi connectivity index (χ1) is 9.70. The molecule has 1 atom stereocenters. The van der Waals surface area contributed by atoms with E-state index >= 15 is 0 Å². The second-order valence-corrected chi connectivity index (χ2v) is 5.60. The molecule has 1 unspecified atom stereocenters. The van der Waals surface area contributed by atoms with Gasteiger partial charge >= 0.3 is 5.97 Å². The maximum absolute atomic E-state index is 11.2. The largest absolute Gasteiger partial charge is 0.489 e. The molecule has 3 rings (SSSR count). The van der Waals surface area contributed by atoms with Gasteiger partial charge in [0, 0.05) is 5.56 Å². The summed E-state index contributed by atoms with van der Waals surface area (Å²) in [6, 6.07) is 13.2. The number of thioether (sulfide) groups is 1. The van der Waals surface area contributed by atoms with E-state index in [0.29, 0.717) is 12.2 Å². The Morgan fingerprint density at radius 3 is 2.80 bits per heavy atom. The van der Waals surface area contributed by atoms with Gasteiger partial charge in [0.25, 0.3) is 0 Å². The van der Waals surface area contributed by atoms with Gasteiger partial charge in [0.1, 0.15) is 12.4 Å². The third-order valence-corrected chi connectivity index (χ3v) is 4.47. The van der Waals surface area contributed by atoms with E-state index in [4.69, 9.17) is 9.84 Å². The number of ether oxygens (including phenoxy) is 1. The Morgan fingerprint density at radius 1 is 1.25 bits per heavy atom. The summed E-state index contributed by atoms with van der Waals surface area (Å²) in [5.41, 5.74) is 3.58. The number of hydrogen-bond donors (Lipinski definition) is 1. The molecule has 20 heavy (non-hydrogen) atoms. The summed E-state index contributed by atoms with van der Waals surface area (Å²) in [5, 5.41) is 9.26. The molecule has 0 radical (unpaired) electrons. The first-order valence-corrected chi connectivity index (χ1v) is 7.60. The van der Waals surface area contributed by atoms with Gasteiger partial charge in [0.2, 0.25) is 0 Å². The molecule has 0 fully saturated rings. The Labute approximate surface area is 121 Å². The topological polar surface area (TPSA) is 46.5 Å². The molecule has 1 N–H and O–H groups in total. The van der Waals surface area contributed by atoms with E-state index in [2.05, 4.69) is 12.1 Å². The summed E-state index contributed by atoms with van der Waals surface area (Å²) in [5.74, 6) is -0.143. The highest BCUT2D eigenvalue weighted by Crippen LogP contribution is 2.43. The van der Waals surface area contributed by atoms with Crippen LogP contribution in [0.25, 0.3) is 0 Å². The van der Waals surface area contributed by atoms with Crippen molar-refractivity contribution in [3.05, 3.63) is 64.7 Å². The molecular weight excluding hydrogens is 272 g/mol. The molecule has 2 aromatic rings. The van der Waals surface area contributed by atoms with Gasteiger partial charge in [-0.2, -0.15) is 11.8 Å². The maximum atomic E-state index is 11.2. The van der Waals surface area contributed by atoms with Crippen LogP contribution < -0.4 is 4.74 Å². The molecule has 0 saturated carbocycles. The Bertz CT molecular complexity index is 667. The minimum atomic E-state index is -0.912. The van der Waals surface area contributed by atoms with Crippen molar-refractivity contribution in [1.82, 2.24) is 0 Å². The molecule has 0 aromatic heterocycles. The summed E-state index contributed by atoms with van der Waals surface area (Å²) in [4.78, 5) is 11.2. The predicted octanol–water partition coefficient (Wildman–Crippen LogP) is 3.73. The molecule has 2 aromatic carbocycles. The minimum Gasteiger partial charge on any atom is -0.489 e. The molecule has 1 heterocycles. The van der Waals surface area contributed by atoms with Crippen LogP contribution in [-0.2, 0) is 6.61 Å². The SMILES string of the molecule is CSC1c2ccccc2COc2ccc(C(=O)O)cc21. The average Bonchev–Trinajstić information content (AvgIpc) is 2.62. The third-order valence-electron chi connectivity index (χ3n) is 3.50. The highest BCUT2D eigenvalue weighted by atomic mass is 32.2. The first kappa shape index (κ1) is 13.1. The van der Waals surface area contributed by atoms with Crippen LogP contribution in [-0.4, -0.2) is 17.3 Å². The summed E-state index contributed by atoms with van der Waals surface area (Å²) in [6.07, 6.45) is 2.03. The van der Waals surface area contributed by atoms with Crippen LogP contribution in [0.1, 0.15) is 32.3 Å². The highest BCUT2D eigenvalue weighted by molar-refractivity contribution is 7.99. The Kier molecular flexibility index (Phi) is 3.40. The first-order valence-electron chi connectivity index (χ1n) is 6.31. The van der Waals surface area contributed by atoms with Gasteiger partial charge in [0.05, 0.1) is 10.8 Å². The predicted molar refractivity (Wildman–Crippen MR) is 79.5 cm³/mol. The number of rotatable bonds is 2. The zero-order chi connectivity index (χ0) is 14.1. The lowest BCUT2D eigenvalue weighted by Gasteiger charge is -2.17. The average molecular weight is 286 g/mol. The summed E-state index contributed by atoms with van der Waals surface area (Å²) in [7, 11) is 0. The number of carbonyl (C=O) groups is 1. The van der Waals surface area contributed by atoms with E-state index in [9.17, 15) is 4.79 Å². The van der Waals surface area contributed by atoms with Gasteiger partial charge in [-0.15, -0.1) is 0 Å². The molecule has 0 saturated heterocycles. The van der Waals surface area contributed by atoms with E-state index in [1.807, 2.05) is 18.4 Å². The Hall–Kier alpha value is -1.94. The fourth-order valence-corrected chi connectivity index (χ4v) is 3.44. The second kappa shape index (κ2) is 5.21. The third kappa shape index (κ3) is 2.16. The number of aromatic carboxylic acids is 1. The van der Waals surface area contributed by atoms with E-state index < -0.39 is 5.97 Å². The van der Waals surface area contributed by atoms with Crippen molar-refractivity contribution >= 4 is 17.7 Å². The number of carboxylic acid groups (broad SMARTS) is 1. The van der Waals surface area contributed by atoms with Crippen molar-refractivity contribution in [3.63, 3.8) is 0 Å². The van der Waals surface area contributed by atoms with Crippen molar-refractivity contribution in [1.29, 1.82) is 0 Å². The van der Waals surface area contributed by atoms with Crippen LogP contribution in [0.2, 0.25) is 0 Å². The minimum absolute atomic E-state index is 0.1000. The molecule has 0 aliphatic carbocycles. The van der Waals surface area contributed by atoms with Crippen LogP contribution >= 0.6 is 11.8 Å². The molecule has 0 bridgehead atoms. The second-order valence-electron chi connectivity index (χ2n) is 4.66. The van der Waals surface area contributed by atoms with Gasteiger partial charge in [-0.3, -0.25) is 0 Å². The molecule has 0 spiro atoms. The zero-order valence-corrected chi connectivity index (χ0v) is 11.8. The van der Waals surface area contributed by atoms with E-state index in [1.165, 1.54) is 5.56 Å². The van der Waals surface area contributed by atoms with Crippen LogP contribution in [0.5, 0.6) is 5.75 Å². The van der Waals surface area contributed by atoms with Crippen LogP contribution in [0.15, 0.2) is 42.5 Å². The van der Waals surface area contributed by atoms with Gasteiger partial charge in [0.15, 0.2) is 0 Å². The zero-order valence-electron chi connectivity index (χ0n) is 11.0. The normalized spacial score (nSPS) is 16.6. The maximum Gasteiger partial charge on any atom is 0.335 e. The number of hydrogen-bond acceptors (Lipinski definition) is 3. The van der Waals surface area contributed by atoms with Crippen LogP contribution in [0, 0.1) is 0 Å². The van der Waals surface area contributed by atoms with Crippen molar-refractivity contribution in [3.8, 4) is 5.75 Å². The van der Waals surface area contributed by atoms with E-state index in [1.54, 1.807) is 30.0 Å². The summed E-state index contributed by atoms with van der Waals surface area (Å²) in [6.45, 7) is 0.520. The number of fused-ring (bicyclic) bond motifs is 2. The number of benzene rings is 2. The van der Waals surface area contributed by atoms with Gasteiger partial charge in [-0.1, -0.05) is 24.3 Å². The molecule has 3 nitrogen and oxygen atoms in total. The molecule has 102 valence electrons. The fourth-order valence-electron chi connectivity index (χ4n) is 2.52. The molecular formula is C16H14O3S. The molecule has 1 aliphatic heterocycles. The monoisotopic (exact) mass is 286 g/mol. The van der Waals surface area contributed by atoms with E-state index in [-0.39, 0.29) is 5.25 Å². The lowest BCUT2D eigenvalue weighted by molar-refractivity contribution is 0.0696. The number of carboxylic acids is 1. The van der Waals surface area contributed by atoms with Gasteiger partial charge in [-0.05, 0) is 35.6 Å². The van der Waals surface area contributed by atoms with Crippen LogP contribution in [0.3, 0.4) is 0 Å². The Morgan fingerprint density at radius 2 is 2.05 bits per heavy atom. The van der Waals surface area contributed by atoms with Crippen molar-refractivity contribution in [2.24, 2.45) is 0 Å². The van der Waals surface area contributed by atoms with Gasteiger partial charge in [-0.25, -0.2) is 4.79 Å². The van der Waals surface area contributed by atoms with Crippen molar-refractivity contribution in [2.45, 2.75) is 11.9 Å². The Balaban J connectivity index is 2.18. The molecule has 4 heteroatoms. The van der Waals surface area contributed by atoms with Crippen molar-refractivity contribution < 1.29 is 14.6 Å². The van der Waals surface area contributed by atoms with E-state index in [0.717, 1.165) is 16.9 Å². The highest BCUT2D eigenvalue weighted by Gasteiger charge is 2.24. The lowest BCUT2D eigenvalue weighted by atomic mass is 9.98. The quantitative estimate of drug-likeness (QED) is 0.913.